The lowest BCUT2D eigenvalue weighted by atomic mass is 9.90. The summed E-state index contributed by atoms with van der Waals surface area (Å²) in [5, 5.41) is 2.96. The lowest BCUT2D eigenvalue weighted by Crippen LogP contribution is -2.55. The van der Waals surface area contributed by atoms with Gasteiger partial charge in [0.25, 0.3) is 0 Å². The lowest BCUT2D eigenvalue weighted by molar-refractivity contribution is -0.149. The molecule has 1 aromatic rings. The summed E-state index contributed by atoms with van der Waals surface area (Å²) in [6.07, 6.45) is 6.36. The number of rotatable bonds is 6. The van der Waals surface area contributed by atoms with Gasteiger partial charge in [0.2, 0.25) is 11.8 Å². The Labute approximate surface area is 156 Å². The minimum Gasteiger partial charge on any atom is -0.352 e. The predicted molar refractivity (Wildman–Crippen MR) is 103 cm³/mol. The maximum absolute atomic E-state index is 12.8. The van der Waals surface area contributed by atoms with Gasteiger partial charge in [-0.15, -0.1) is 0 Å². The van der Waals surface area contributed by atoms with E-state index in [0.717, 1.165) is 32.5 Å². The molecule has 0 atom stereocenters. The highest BCUT2D eigenvalue weighted by Gasteiger charge is 2.41. The van der Waals surface area contributed by atoms with Crippen LogP contribution in [0, 0.1) is 5.41 Å². The van der Waals surface area contributed by atoms with E-state index in [-0.39, 0.29) is 17.9 Å². The smallest absolute Gasteiger partial charge is 0.237 e. The molecule has 5 nitrogen and oxygen atoms in total. The molecule has 1 aliphatic carbocycles. The Balaban J connectivity index is 1.46. The van der Waals surface area contributed by atoms with E-state index in [1.807, 2.05) is 23.1 Å². The molecule has 1 heterocycles. The van der Waals surface area contributed by atoms with Crippen LogP contribution in [0.2, 0.25) is 0 Å². The average molecular weight is 355 g/mol. The normalized spacial score (nSPS) is 18.9. The maximum atomic E-state index is 12.8. The van der Waals surface area contributed by atoms with Crippen LogP contribution in [0.4, 0.5) is 0 Å². The Kier molecular flexibility index (Phi) is 5.77. The maximum Gasteiger partial charge on any atom is 0.237 e. The van der Waals surface area contributed by atoms with Crippen LogP contribution in [0.15, 0.2) is 36.4 Å². The van der Waals surface area contributed by atoms with Gasteiger partial charge in [0.15, 0.2) is 0 Å². The van der Waals surface area contributed by atoms with Gasteiger partial charge in [-0.2, -0.15) is 0 Å². The molecule has 1 aromatic carbocycles. The first-order valence-corrected chi connectivity index (χ1v) is 9.51. The van der Waals surface area contributed by atoms with Crippen molar-refractivity contribution in [2.75, 3.05) is 32.7 Å². The SMILES string of the molecule is CC(C)(C(=O)NC1CC1)C(=O)N1CCN(C/C=C/c2ccccc2)CC1. The van der Waals surface area contributed by atoms with E-state index < -0.39 is 5.41 Å². The highest BCUT2D eigenvalue weighted by Crippen LogP contribution is 2.25. The number of benzene rings is 1. The largest absolute Gasteiger partial charge is 0.352 e. The Morgan fingerprint density at radius 3 is 2.38 bits per heavy atom. The third-order valence-corrected chi connectivity index (χ3v) is 5.15. The number of carbonyl (C=O) groups is 2. The predicted octanol–water partition coefficient (Wildman–Crippen LogP) is 2.15. The van der Waals surface area contributed by atoms with Crippen LogP contribution in [-0.2, 0) is 9.59 Å². The second-order valence-corrected chi connectivity index (χ2v) is 7.78. The van der Waals surface area contributed by atoms with E-state index in [9.17, 15) is 9.59 Å². The van der Waals surface area contributed by atoms with E-state index in [1.54, 1.807) is 13.8 Å². The Morgan fingerprint density at radius 2 is 1.77 bits per heavy atom. The van der Waals surface area contributed by atoms with Crippen molar-refractivity contribution >= 4 is 17.9 Å². The van der Waals surface area contributed by atoms with Crippen molar-refractivity contribution < 1.29 is 9.59 Å². The fourth-order valence-electron chi connectivity index (χ4n) is 3.12. The molecule has 3 rings (SSSR count). The van der Waals surface area contributed by atoms with Crippen molar-refractivity contribution in [3.8, 4) is 0 Å². The second-order valence-electron chi connectivity index (χ2n) is 7.78. The van der Waals surface area contributed by atoms with Gasteiger partial charge < -0.3 is 10.2 Å². The Bertz CT molecular complexity index is 657. The van der Waals surface area contributed by atoms with Gasteiger partial charge in [0, 0.05) is 38.8 Å². The minimum atomic E-state index is -0.988. The first-order chi connectivity index (χ1) is 12.5. The molecule has 0 spiro atoms. The van der Waals surface area contributed by atoms with Crippen LogP contribution < -0.4 is 5.32 Å². The molecule has 0 aromatic heterocycles. The molecule has 2 aliphatic rings. The molecule has 0 unspecified atom stereocenters. The molecule has 2 fully saturated rings. The summed E-state index contributed by atoms with van der Waals surface area (Å²) in [7, 11) is 0. The van der Waals surface area contributed by atoms with Crippen LogP contribution in [0.1, 0.15) is 32.3 Å². The first kappa shape index (κ1) is 18.6. The summed E-state index contributed by atoms with van der Waals surface area (Å²) in [5.74, 6) is -0.201. The summed E-state index contributed by atoms with van der Waals surface area (Å²) >= 11 is 0. The molecule has 1 aliphatic heterocycles. The zero-order valence-corrected chi connectivity index (χ0v) is 15.8. The van der Waals surface area contributed by atoms with Gasteiger partial charge in [0.1, 0.15) is 5.41 Å². The number of nitrogens with one attached hydrogen (secondary N) is 1. The number of amides is 2. The number of hydrogen-bond donors (Lipinski definition) is 1. The minimum absolute atomic E-state index is 0.0601. The van der Waals surface area contributed by atoms with E-state index in [4.69, 9.17) is 0 Å². The monoisotopic (exact) mass is 355 g/mol. The molecule has 1 saturated heterocycles. The van der Waals surface area contributed by atoms with Crippen LogP contribution in [0.5, 0.6) is 0 Å². The van der Waals surface area contributed by atoms with E-state index in [0.29, 0.717) is 13.1 Å². The molecule has 0 bridgehead atoms. The molecule has 1 N–H and O–H groups in total. The molecular formula is C21H29N3O2. The third kappa shape index (κ3) is 4.73. The fourth-order valence-corrected chi connectivity index (χ4v) is 3.12. The lowest BCUT2D eigenvalue weighted by Gasteiger charge is -2.37. The van der Waals surface area contributed by atoms with Gasteiger partial charge in [0.05, 0.1) is 0 Å². The molecular weight excluding hydrogens is 326 g/mol. The standard InChI is InChI=1S/C21H29N3O2/c1-21(2,19(25)22-18-10-11-18)20(26)24-15-13-23(14-16-24)12-6-9-17-7-4-3-5-8-17/h3-9,18H,10-16H2,1-2H3,(H,22,25)/b9-6+. The van der Waals surface area contributed by atoms with Gasteiger partial charge in [-0.1, -0.05) is 42.5 Å². The third-order valence-electron chi connectivity index (χ3n) is 5.15. The van der Waals surface area contributed by atoms with Gasteiger partial charge in [-0.05, 0) is 32.3 Å². The number of piperazine rings is 1. The highest BCUT2D eigenvalue weighted by atomic mass is 16.2. The van der Waals surface area contributed by atoms with Crippen LogP contribution >= 0.6 is 0 Å². The van der Waals surface area contributed by atoms with Crippen molar-refractivity contribution in [1.29, 1.82) is 0 Å². The topological polar surface area (TPSA) is 52.7 Å². The Morgan fingerprint density at radius 1 is 1.12 bits per heavy atom. The van der Waals surface area contributed by atoms with Gasteiger partial charge in [-0.3, -0.25) is 14.5 Å². The van der Waals surface area contributed by atoms with Crippen molar-refractivity contribution in [2.24, 2.45) is 5.41 Å². The number of hydrogen-bond acceptors (Lipinski definition) is 3. The molecule has 2 amide bonds. The quantitative estimate of drug-likeness (QED) is 0.796. The first-order valence-electron chi connectivity index (χ1n) is 9.51. The summed E-state index contributed by atoms with van der Waals surface area (Å²) in [6.45, 7) is 7.39. The summed E-state index contributed by atoms with van der Waals surface area (Å²) in [4.78, 5) is 29.3. The van der Waals surface area contributed by atoms with E-state index >= 15 is 0 Å². The molecule has 26 heavy (non-hydrogen) atoms. The van der Waals surface area contributed by atoms with E-state index in [2.05, 4.69) is 34.5 Å². The fraction of sp³-hybridized carbons (Fsp3) is 0.524. The average Bonchev–Trinajstić information content (AvgIpc) is 3.46. The highest BCUT2D eigenvalue weighted by molar-refractivity contribution is 6.04. The number of carbonyl (C=O) groups excluding carboxylic acids is 2. The number of nitrogens with zero attached hydrogens (tertiary/aromatic N) is 2. The van der Waals surface area contributed by atoms with Gasteiger partial charge in [-0.25, -0.2) is 0 Å². The van der Waals surface area contributed by atoms with Gasteiger partial charge >= 0.3 is 0 Å². The zero-order valence-electron chi connectivity index (χ0n) is 15.8. The summed E-state index contributed by atoms with van der Waals surface area (Å²) < 4.78 is 0. The molecule has 5 heteroatoms. The molecule has 140 valence electrons. The van der Waals surface area contributed by atoms with Crippen LogP contribution in [0.25, 0.3) is 6.08 Å². The Hall–Kier alpha value is -2.14. The molecule has 1 saturated carbocycles. The van der Waals surface area contributed by atoms with Crippen molar-refractivity contribution in [2.45, 2.75) is 32.7 Å². The summed E-state index contributed by atoms with van der Waals surface area (Å²) in [6, 6.07) is 10.5. The van der Waals surface area contributed by atoms with Crippen LogP contribution in [0.3, 0.4) is 0 Å². The van der Waals surface area contributed by atoms with Crippen molar-refractivity contribution in [3.05, 3.63) is 42.0 Å². The second kappa shape index (κ2) is 8.04. The van der Waals surface area contributed by atoms with Crippen molar-refractivity contribution in [1.82, 2.24) is 15.1 Å². The molecule has 0 radical (unpaired) electrons. The van der Waals surface area contributed by atoms with Crippen LogP contribution in [-0.4, -0.2) is 60.4 Å². The summed E-state index contributed by atoms with van der Waals surface area (Å²) in [5.41, 5.74) is 0.211. The van der Waals surface area contributed by atoms with E-state index in [1.165, 1.54) is 5.56 Å². The van der Waals surface area contributed by atoms with Crippen molar-refractivity contribution in [3.63, 3.8) is 0 Å². The zero-order chi connectivity index (χ0) is 18.6.